The fourth-order valence-corrected chi connectivity index (χ4v) is 2.12. The van der Waals surface area contributed by atoms with Gasteiger partial charge in [0.1, 0.15) is 0 Å². The molecule has 0 fully saturated rings. The first kappa shape index (κ1) is 17.2. The third-order valence-corrected chi connectivity index (χ3v) is 3.15. The summed E-state index contributed by atoms with van der Waals surface area (Å²) in [6.45, 7) is 4.15. The molecule has 0 saturated heterocycles. The first-order valence-electron chi connectivity index (χ1n) is 7.27. The van der Waals surface area contributed by atoms with Crippen molar-refractivity contribution in [1.82, 2.24) is 15.5 Å². The summed E-state index contributed by atoms with van der Waals surface area (Å²) in [5.74, 6) is 1.30. The third kappa shape index (κ3) is 4.94. The Kier molecular flexibility index (Phi) is 5.95. The van der Waals surface area contributed by atoms with Gasteiger partial charge in [-0.3, -0.25) is 0 Å². The third-order valence-electron chi connectivity index (χ3n) is 2.92. The average molecular weight is 339 g/mol. The molecular formula is C15H19ClN4O3. The Bertz CT molecular complexity index is 672. The van der Waals surface area contributed by atoms with Gasteiger partial charge in [0.15, 0.2) is 5.82 Å². The van der Waals surface area contributed by atoms with Gasteiger partial charge in [0.25, 0.3) is 5.89 Å². The highest BCUT2D eigenvalue weighted by Gasteiger charge is 2.16. The molecule has 0 bridgehead atoms. The number of nitrogens with one attached hydrogen (secondary N) is 2. The summed E-state index contributed by atoms with van der Waals surface area (Å²) in [4.78, 5) is 16.1. The number of hydrogen-bond donors (Lipinski definition) is 3. The summed E-state index contributed by atoms with van der Waals surface area (Å²) in [5.41, 5.74) is 1.03. The predicted molar refractivity (Wildman–Crippen MR) is 87.4 cm³/mol. The highest BCUT2D eigenvalue weighted by Crippen LogP contribution is 2.30. The Morgan fingerprint density at radius 1 is 1.43 bits per heavy atom. The number of halogens is 1. The number of benzene rings is 1. The van der Waals surface area contributed by atoms with Crippen LogP contribution in [0.3, 0.4) is 0 Å². The lowest BCUT2D eigenvalue weighted by Crippen LogP contribution is -2.31. The van der Waals surface area contributed by atoms with E-state index in [-0.39, 0.29) is 13.2 Å². The molecule has 0 aliphatic rings. The zero-order chi connectivity index (χ0) is 16.8. The first-order chi connectivity index (χ1) is 11.0. The Balaban J connectivity index is 2.24. The minimum atomic E-state index is -0.440. The van der Waals surface area contributed by atoms with Crippen LogP contribution in [-0.2, 0) is 6.42 Å². The van der Waals surface area contributed by atoms with E-state index in [1.54, 1.807) is 18.2 Å². The van der Waals surface area contributed by atoms with E-state index in [2.05, 4.69) is 34.6 Å². The van der Waals surface area contributed by atoms with Gasteiger partial charge in [-0.2, -0.15) is 4.98 Å². The standard InChI is InChI=1S/C15H19ClN4O3/c1-9(2)7-13-19-14(23-20-13)11-8-10(16)3-4-12(11)18-15(22)17-5-6-21/h3-4,8-9,21H,5-7H2,1-2H3,(H2,17,18,22). The summed E-state index contributed by atoms with van der Waals surface area (Å²) in [6, 6.07) is 4.51. The number of aliphatic hydroxyl groups is 1. The molecule has 8 heteroatoms. The van der Waals surface area contributed by atoms with Gasteiger partial charge in [-0.15, -0.1) is 0 Å². The van der Waals surface area contributed by atoms with Crippen molar-refractivity contribution >= 4 is 23.3 Å². The molecule has 0 aliphatic heterocycles. The summed E-state index contributed by atoms with van der Waals surface area (Å²) in [6.07, 6.45) is 0.698. The van der Waals surface area contributed by atoms with Crippen LogP contribution in [0.25, 0.3) is 11.5 Å². The lowest BCUT2D eigenvalue weighted by Gasteiger charge is -2.09. The number of rotatable bonds is 6. The van der Waals surface area contributed by atoms with E-state index in [1.807, 2.05) is 0 Å². The number of aromatic nitrogens is 2. The van der Waals surface area contributed by atoms with Crippen LogP contribution in [0.1, 0.15) is 19.7 Å². The summed E-state index contributed by atoms with van der Waals surface area (Å²) < 4.78 is 5.28. The number of amides is 2. The topological polar surface area (TPSA) is 100 Å². The van der Waals surface area contributed by atoms with Crippen LogP contribution in [-0.4, -0.2) is 34.4 Å². The smallest absolute Gasteiger partial charge is 0.319 e. The van der Waals surface area contributed by atoms with Gasteiger partial charge in [-0.05, 0) is 24.1 Å². The number of hydrogen-bond acceptors (Lipinski definition) is 5. The maximum atomic E-state index is 11.8. The van der Waals surface area contributed by atoms with Crippen molar-refractivity contribution in [3.8, 4) is 11.5 Å². The molecule has 7 nitrogen and oxygen atoms in total. The van der Waals surface area contributed by atoms with E-state index >= 15 is 0 Å². The van der Waals surface area contributed by atoms with Crippen LogP contribution in [0.2, 0.25) is 5.02 Å². The Morgan fingerprint density at radius 2 is 2.22 bits per heavy atom. The number of carbonyl (C=O) groups is 1. The fourth-order valence-electron chi connectivity index (χ4n) is 1.95. The van der Waals surface area contributed by atoms with Gasteiger partial charge in [-0.25, -0.2) is 4.79 Å². The number of carbonyl (C=O) groups excluding carboxylic acids is 1. The monoisotopic (exact) mass is 338 g/mol. The molecule has 2 amide bonds. The van der Waals surface area contributed by atoms with Crippen molar-refractivity contribution in [2.75, 3.05) is 18.5 Å². The van der Waals surface area contributed by atoms with Crippen molar-refractivity contribution in [3.63, 3.8) is 0 Å². The second-order valence-electron chi connectivity index (χ2n) is 5.41. The quantitative estimate of drug-likeness (QED) is 0.751. The summed E-state index contributed by atoms with van der Waals surface area (Å²) >= 11 is 6.03. The lowest BCUT2D eigenvalue weighted by atomic mass is 10.1. The van der Waals surface area contributed by atoms with E-state index in [0.29, 0.717) is 40.3 Å². The molecule has 0 unspecified atom stereocenters. The molecule has 2 rings (SSSR count). The first-order valence-corrected chi connectivity index (χ1v) is 7.65. The van der Waals surface area contributed by atoms with Crippen LogP contribution in [0.4, 0.5) is 10.5 Å². The van der Waals surface area contributed by atoms with Crippen LogP contribution >= 0.6 is 11.6 Å². The van der Waals surface area contributed by atoms with Crippen LogP contribution in [0.15, 0.2) is 22.7 Å². The number of anilines is 1. The molecule has 0 spiro atoms. The Morgan fingerprint density at radius 3 is 2.91 bits per heavy atom. The molecule has 0 aliphatic carbocycles. The van der Waals surface area contributed by atoms with E-state index in [1.165, 1.54) is 0 Å². The zero-order valence-electron chi connectivity index (χ0n) is 13.0. The minimum Gasteiger partial charge on any atom is -0.395 e. The number of nitrogens with zero attached hydrogens (tertiary/aromatic N) is 2. The highest BCUT2D eigenvalue weighted by atomic mass is 35.5. The van der Waals surface area contributed by atoms with Gasteiger partial charge in [0.2, 0.25) is 0 Å². The Hall–Kier alpha value is -2.12. The molecule has 1 aromatic carbocycles. The number of urea groups is 1. The maximum absolute atomic E-state index is 11.8. The molecule has 23 heavy (non-hydrogen) atoms. The Labute approximate surface area is 139 Å². The second kappa shape index (κ2) is 7.94. The lowest BCUT2D eigenvalue weighted by molar-refractivity contribution is 0.245. The number of aliphatic hydroxyl groups excluding tert-OH is 1. The molecule has 1 heterocycles. The second-order valence-corrected chi connectivity index (χ2v) is 5.84. The van der Waals surface area contributed by atoms with Gasteiger partial charge < -0.3 is 20.3 Å². The van der Waals surface area contributed by atoms with Crippen molar-refractivity contribution in [2.24, 2.45) is 5.92 Å². The van der Waals surface area contributed by atoms with E-state index in [0.717, 1.165) is 0 Å². The molecule has 3 N–H and O–H groups in total. The van der Waals surface area contributed by atoms with Gasteiger partial charge in [0, 0.05) is 18.0 Å². The summed E-state index contributed by atoms with van der Waals surface area (Å²) in [7, 11) is 0. The fraction of sp³-hybridized carbons (Fsp3) is 0.400. The van der Waals surface area contributed by atoms with Crippen LogP contribution < -0.4 is 10.6 Å². The van der Waals surface area contributed by atoms with Crippen molar-refractivity contribution in [1.29, 1.82) is 0 Å². The van der Waals surface area contributed by atoms with Crippen molar-refractivity contribution in [2.45, 2.75) is 20.3 Å². The molecule has 1 aromatic heterocycles. The van der Waals surface area contributed by atoms with Gasteiger partial charge in [0.05, 0.1) is 17.9 Å². The van der Waals surface area contributed by atoms with E-state index in [9.17, 15) is 4.79 Å². The SMILES string of the molecule is CC(C)Cc1noc(-c2cc(Cl)ccc2NC(=O)NCCO)n1. The van der Waals surface area contributed by atoms with Crippen LogP contribution in [0, 0.1) is 5.92 Å². The van der Waals surface area contributed by atoms with Crippen molar-refractivity contribution in [3.05, 3.63) is 29.0 Å². The highest BCUT2D eigenvalue weighted by molar-refractivity contribution is 6.31. The van der Waals surface area contributed by atoms with E-state index in [4.69, 9.17) is 21.2 Å². The van der Waals surface area contributed by atoms with E-state index < -0.39 is 6.03 Å². The molecule has 0 saturated carbocycles. The molecule has 2 aromatic rings. The predicted octanol–water partition coefficient (Wildman–Crippen LogP) is 2.70. The molecule has 0 radical (unpaired) electrons. The molecular weight excluding hydrogens is 320 g/mol. The van der Waals surface area contributed by atoms with Crippen molar-refractivity contribution < 1.29 is 14.4 Å². The molecule has 124 valence electrons. The van der Waals surface area contributed by atoms with Gasteiger partial charge >= 0.3 is 6.03 Å². The zero-order valence-corrected chi connectivity index (χ0v) is 13.7. The molecule has 0 atom stereocenters. The minimum absolute atomic E-state index is 0.136. The van der Waals surface area contributed by atoms with Crippen LogP contribution in [0.5, 0.6) is 0 Å². The maximum Gasteiger partial charge on any atom is 0.319 e. The van der Waals surface area contributed by atoms with Gasteiger partial charge in [-0.1, -0.05) is 30.6 Å². The normalized spacial score (nSPS) is 10.8. The average Bonchev–Trinajstić information content (AvgIpc) is 2.94. The summed E-state index contributed by atoms with van der Waals surface area (Å²) in [5, 5.41) is 18.3. The largest absolute Gasteiger partial charge is 0.395 e.